The number of carbonyl (C=O) groups excluding carboxylic acids is 2. The number of halogens is 1. The molecule has 0 saturated carbocycles. The molecular formula is C13H23ClO3. The van der Waals surface area contributed by atoms with Crippen molar-refractivity contribution in [3.63, 3.8) is 0 Å². The Labute approximate surface area is 109 Å². The lowest BCUT2D eigenvalue weighted by molar-refractivity contribution is -0.141. The molecule has 4 heteroatoms. The maximum Gasteiger partial charge on any atom is 0.302 e. The molecule has 0 aromatic heterocycles. The predicted octanol–water partition coefficient (Wildman–Crippen LogP) is 3.83. The van der Waals surface area contributed by atoms with Crippen molar-refractivity contribution >= 4 is 22.8 Å². The van der Waals surface area contributed by atoms with E-state index in [0.29, 0.717) is 13.0 Å². The van der Waals surface area contributed by atoms with Gasteiger partial charge in [0.1, 0.15) is 0 Å². The van der Waals surface area contributed by atoms with Crippen LogP contribution >= 0.6 is 11.6 Å². The normalized spacial score (nSPS) is 10.2. The van der Waals surface area contributed by atoms with Crippen LogP contribution < -0.4 is 0 Å². The molecular weight excluding hydrogens is 240 g/mol. The standard InChI is InChI=1S/C13H23ClO3/c1-12(15)17-11-9-7-5-3-2-4-6-8-10-13(14)16/h2-11H2,1H3. The highest BCUT2D eigenvalue weighted by Gasteiger charge is 1.96. The number of carbonyl (C=O) groups is 2. The van der Waals surface area contributed by atoms with Crippen molar-refractivity contribution in [2.24, 2.45) is 0 Å². The van der Waals surface area contributed by atoms with Gasteiger partial charge >= 0.3 is 5.97 Å². The molecule has 0 heterocycles. The number of hydrogen-bond donors (Lipinski definition) is 0. The van der Waals surface area contributed by atoms with Gasteiger partial charge in [-0.05, 0) is 24.4 Å². The van der Waals surface area contributed by atoms with E-state index in [-0.39, 0.29) is 11.2 Å². The number of hydrogen-bond acceptors (Lipinski definition) is 3. The van der Waals surface area contributed by atoms with Gasteiger partial charge in [0, 0.05) is 13.3 Å². The number of unbranched alkanes of at least 4 members (excludes halogenated alkanes) is 7. The first-order valence-electron chi connectivity index (χ1n) is 6.44. The van der Waals surface area contributed by atoms with E-state index in [0.717, 1.165) is 25.7 Å². The van der Waals surface area contributed by atoms with Gasteiger partial charge in [-0.15, -0.1) is 0 Å². The van der Waals surface area contributed by atoms with E-state index in [2.05, 4.69) is 0 Å². The van der Waals surface area contributed by atoms with Crippen LogP contribution in [0.25, 0.3) is 0 Å². The maximum atomic E-state index is 10.5. The second kappa shape index (κ2) is 11.9. The van der Waals surface area contributed by atoms with Crippen LogP contribution in [-0.4, -0.2) is 17.8 Å². The predicted molar refractivity (Wildman–Crippen MR) is 69.0 cm³/mol. The van der Waals surface area contributed by atoms with Crippen molar-refractivity contribution in [2.75, 3.05) is 6.61 Å². The lowest BCUT2D eigenvalue weighted by Gasteiger charge is -2.02. The number of rotatable bonds is 11. The van der Waals surface area contributed by atoms with Gasteiger partial charge in [0.15, 0.2) is 0 Å². The summed E-state index contributed by atoms with van der Waals surface area (Å²) in [6, 6.07) is 0. The first-order valence-corrected chi connectivity index (χ1v) is 6.82. The highest BCUT2D eigenvalue weighted by molar-refractivity contribution is 6.63. The Morgan fingerprint density at radius 3 is 1.82 bits per heavy atom. The SMILES string of the molecule is CC(=O)OCCCCCCCCCCC(=O)Cl. The second-order valence-electron chi connectivity index (χ2n) is 4.27. The Morgan fingerprint density at radius 2 is 1.35 bits per heavy atom. The monoisotopic (exact) mass is 262 g/mol. The minimum Gasteiger partial charge on any atom is -0.466 e. The summed E-state index contributed by atoms with van der Waals surface area (Å²) in [5, 5.41) is -0.226. The van der Waals surface area contributed by atoms with Crippen LogP contribution in [0.15, 0.2) is 0 Å². The molecule has 0 fully saturated rings. The Hall–Kier alpha value is -0.570. The highest BCUT2D eigenvalue weighted by atomic mass is 35.5. The van der Waals surface area contributed by atoms with Gasteiger partial charge in [0.2, 0.25) is 5.24 Å². The van der Waals surface area contributed by atoms with Gasteiger partial charge in [-0.3, -0.25) is 9.59 Å². The lowest BCUT2D eigenvalue weighted by Crippen LogP contribution is -2.00. The molecule has 0 aliphatic carbocycles. The van der Waals surface area contributed by atoms with Crippen molar-refractivity contribution < 1.29 is 14.3 Å². The Kier molecular flexibility index (Phi) is 11.5. The van der Waals surface area contributed by atoms with Crippen molar-refractivity contribution in [1.82, 2.24) is 0 Å². The van der Waals surface area contributed by atoms with Gasteiger partial charge in [-0.2, -0.15) is 0 Å². The fourth-order valence-corrected chi connectivity index (χ4v) is 1.78. The average Bonchev–Trinajstić information content (AvgIpc) is 2.25. The van der Waals surface area contributed by atoms with Gasteiger partial charge < -0.3 is 4.74 Å². The fraction of sp³-hybridized carbons (Fsp3) is 0.846. The molecule has 0 N–H and O–H groups in total. The summed E-state index contributed by atoms with van der Waals surface area (Å²) in [5.41, 5.74) is 0. The quantitative estimate of drug-likeness (QED) is 0.323. The molecule has 0 bridgehead atoms. The summed E-state index contributed by atoms with van der Waals surface area (Å²) in [5.74, 6) is -0.196. The molecule has 0 radical (unpaired) electrons. The highest BCUT2D eigenvalue weighted by Crippen LogP contribution is 2.10. The van der Waals surface area contributed by atoms with E-state index < -0.39 is 0 Å². The molecule has 0 unspecified atom stereocenters. The van der Waals surface area contributed by atoms with Crippen LogP contribution in [-0.2, 0) is 14.3 Å². The fourth-order valence-electron chi connectivity index (χ4n) is 1.64. The molecule has 0 aliphatic heterocycles. The summed E-state index contributed by atoms with van der Waals surface area (Å²) >= 11 is 5.24. The van der Waals surface area contributed by atoms with Crippen LogP contribution in [0.1, 0.15) is 64.7 Å². The Bertz CT molecular complexity index is 195. The molecule has 0 amide bonds. The van der Waals surface area contributed by atoms with Gasteiger partial charge in [0.05, 0.1) is 6.61 Å². The zero-order valence-corrected chi connectivity index (χ0v) is 11.4. The molecule has 0 saturated heterocycles. The zero-order valence-electron chi connectivity index (χ0n) is 10.7. The van der Waals surface area contributed by atoms with E-state index in [1.54, 1.807) is 0 Å². The molecule has 100 valence electrons. The largest absolute Gasteiger partial charge is 0.466 e. The molecule has 0 aromatic carbocycles. The second-order valence-corrected chi connectivity index (χ2v) is 4.70. The lowest BCUT2D eigenvalue weighted by atomic mass is 10.1. The van der Waals surface area contributed by atoms with E-state index in [4.69, 9.17) is 16.3 Å². The minimum atomic E-state index is -0.226. The van der Waals surface area contributed by atoms with E-state index in [9.17, 15) is 9.59 Å². The summed E-state index contributed by atoms with van der Waals surface area (Å²) in [7, 11) is 0. The smallest absolute Gasteiger partial charge is 0.302 e. The summed E-state index contributed by atoms with van der Waals surface area (Å²) in [4.78, 5) is 20.9. The van der Waals surface area contributed by atoms with Crippen molar-refractivity contribution in [2.45, 2.75) is 64.7 Å². The maximum absolute atomic E-state index is 10.5. The van der Waals surface area contributed by atoms with Gasteiger partial charge in [-0.25, -0.2) is 0 Å². The molecule has 0 atom stereocenters. The van der Waals surface area contributed by atoms with Crippen molar-refractivity contribution in [3.05, 3.63) is 0 Å². The average molecular weight is 263 g/mol. The summed E-state index contributed by atoms with van der Waals surface area (Å²) in [6.45, 7) is 1.98. The zero-order chi connectivity index (χ0) is 12.9. The third-order valence-corrected chi connectivity index (χ3v) is 2.76. The Morgan fingerprint density at radius 1 is 0.882 bits per heavy atom. The third-order valence-electron chi connectivity index (χ3n) is 2.57. The van der Waals surface area contributed by atoms with E-state index in [1.807, 2.05) is 0 Å². The Balaban J connectivity index is 2.98. The molecule has 17 heavy (non-hydrogen) atoms. The minimum absolute atomic E-state index is 0.196. The first-order chi connectivity index (χ1) is 8.13. The summed E-state index contributed by atoms with van der Waals surface area (Å²) < 4.78 is 4.84. The first kappa shape index (κ1) is 16.4. The van der Waals surface area contributed by atoms with Crippen LogP contribution in [0.4, 0.5) is 0 Å². The molecule has 3 nitrogen and oxygen atoms in total. The van der Waals surface area contributed by atoms with Crippen molar-refractivity contribution in [3.8, 4) is 0 Å². The van der Waals surface area contributed by atoms with Crippen LogP contribution in [0.3, 0.4) is 0 Å². The number of ether oxygens (including phenoxy) is 1. The van der Waals surface area contributed by atoms with Gasteiger partial charge in [-0.1, -0.05) is 38.5 Å². The molecule has 0 aliphatic rings. The van der Waals surface area contributed by atoms with Crippen LogP contribution in [0, 0.1) is 0 Å². The molecule has 0 spiro atoms. The molecule has 0 aromatic rings. The van der Waals surface area contributed by atoms with Crippen molar-refractivity contribution in [1.29, 1.82) is 0 Å². The molecule has 0 rings (SSSR count). The van der Waals surface area contributed by atoms with Crippen LogP contribution in [0.5, 0.6) is 0 Å². The number of esters is 1. The van der Waals surface area contributed by atoms with Gasteiger partial charge in [0.25, 0.3) is 0 Å². The summed E-state index contributed by atoms with van der Waals surface area (Å²) in [6.07, 6.45) is 9.38. The van der Waals surface area contributed by atoms with Crippen LogP contribution in [0.2, 0.25) is 0 Å². The van der Waals surface area contributed by atoms with E-state index in [1.165, 1.54) is 32.6 Å². The van der Waals surface area contributed by atoms with E-state index >= 15 is 0 Å². The topological polar surface area (TPSA) is 43.4 Å². The third kappa shape index (κ3) is 15.4.